The van der Waals surface area contributed by atoms with Crippen molar-refractivity contribution in [1.82, 2.24) is 0 Å². The summed E-state index contributed by atoms with van der Waals surface area (Å²) >= 11 is 4.64. The number of rotatable bonds is 14. The number of unbranched alkanes of at least 4 members (excludes halogenated alkanes) is 9. The first-order valence-electron chi connectivity index (χ1n) is 8.22. The molecule has 0 aliphatic rings. The molecule has 0 bridgehead atoms. The third kappa shape index (κ3) is 15.2. The van der Waals surface area contributed by atoms with Gasteiger partial charge in [-0.3, -0.25) is 0 Å². The van der Waals surface area contributed by atoms with Crippen molar-refractivity contribution < 1.29 is 0 Å². The summed E-state index contributed by atoms with van der Waals surface area (Å²) in [6.07, 6.45) is 17.3. The fraction of sp³-hybridized carbons (Fsp3) is 1.00. The summed E-state index contributed by atoms with van der Waals surface area (Å²) in [7, 11) is 0. The summed E-state index contributed by atoms with van der Waals surface area (Å²) < 4.78 is 2.41. The molecule has 0 spiro atoms. The van der Waals surface area contributed by atoms with Gasteiger partial charge in [0.2, 0.25) is 0 Å². The molecule has 0 aliphatic carbocycles. The minimum absolute atomic E-state index is 0.152. The molecule has 108 valence electrons. The van der Waals surface area contributed by atoms with Crippen LogP contribution in [0.25, 0.3) is 0 Å². The van der Waals surface area contributed by atoms with Crippen LogP contribution in [0.1, 0.15) is 90.9 Å². The summed E-state index contributed by atoms with van der Waals surface area (Å²) in [4.78, 5) is 0. The van der Waals surface area contributed by atoms with Crippen molar-refractivity contribution in [3.63, 3.8) is 0 Å². The quantitative estimate of drug-likeness (QED) is 0.212. The van der Waals surface area contributed by atoms with Crippen molar-refractivity contribution in [3.8, 4) is 0 Å². The molecule has 2 heteroatoms. The molecule has 2 radical (unpaired) electrons. The van der Waals surface area contributed by atoms with E-state index in [0.717, 1.165) is 3.27 Å². The summed E-state index contributed by atoms with van der Waals surface area (Å²) in [5.41, 5.74) is 0. The molecule has 0 amide bonds. The Morgan fingerprint density at radius 3 is 1.83 bits per heavy atom. The molecule has 0 N–H and O–H groups in total. The van der Waals surface area contributed by atoms with Crippen molar-refractivity contribution in [2.75, 3.05) is 0 Å². The topological polar surface area (TPSA) is 0 Å². The van der Waals surface area contributed by atoms with Gasteiger partial charge in [0.05, 0.1) is 0 Å². The average molecular weight is 377 g/mol. The molecule has 0 aromatic rings. The second-order valence-corrected chi connectivity index (χ2v) is 12.0. The fourth-order valence-electron chi connectivity index (χ4n) is 2.22. The van der Waals surface area contributed by atoms with Crippen LogP contribution >= 0.6 is 12.6 Å². The van der Waals surface area contributed by atoms with Crippen LogP contribution in [0.3, 0.4) is 0 Å². The summed E-state index contributed by atoms with van der Waals surface area (Å²) in [6, 6.07) is 0. The van der Waals surface area contributed by atoms with Crippen LogP contribution in [-0.4, -0.2) is 24.4 Å². The van der Waals surface area contributed by atoms with Crippen molar-refractivity contribution in [3.05, 3.63) is 0 Å². The van der Waals surface area contributed by atoms with Gasteiger partial charge in [-0.25, -0.2) is 0 Å². The molecule has 0 rings (SSSR count). The molecule has 0 fully saturated rings. The van der Waals surface area contributed by atoms with E-state index in [-0.39, 0.29) is 21.1 Å². The standard InChI is InChI=1S/C8H17S.C8H17.Sn/c1-2-3-4-5-6-7-8-9;1-3-5-7-8-6-4-2;/h8-9H,2-7H2,1H3;1,3-8H2,2H3;. The SMILES string of the molecule is CCCCCCC[CH2][Sn][CH](S)CCCCCCC. The first-order valence-corrected chi connectivity index (χ1v) is 12.4. The van der Waals surface area contributed by atoms with Crippen molar-refractivity contribution in [1.29, 1.82) is 0 Å². The molecule has 0 aliphatic heterocycles. The fourth-order valence-corrected chi connectivity index (χ4v) is 6.68. The van der Waals surface area contributed by atoms with E-state index in [2.05, 4.69) is 13.8 Å². The van der Waals surface area contributed by atoms with E-state index in [4.69, 9.17) is 12.6 Å². The van der Waals surface area contributed by atoms with Gasteiger partial charge in [0.1, 0.15) is 0 Å². The van der Waals surface area contributed by atoms with Gasteiger partial charge >= 0.3 is 132 Å². The van der Waals surface area contributed by atoms with Gasteiger partial charge in [-0.05, 0) is 0 Å². The summed E-state index contributed by atoms with van der Waals surface area (Å²) in [5.74, 6) is 0. The van der Waals surface area contributed by atoms with E-state index in [1.54, 1.807) is 4.44 Å². The van der Waals surface area contributed by atoms with E-state index in [0.29, 0.717) is 0 Å². The Morgan fingerprint density at radius 2 is 1.22 bits per heavy atom. The zero-order valence-electron chi connectivity index (χ0n) is 12.7. The van der Waals surface area contributed by atoms with Crippen LogP contribution in [0, 0.1) is 0 Å². The van der Waals surface area contributed by atoms with Gasteiger partial charge in [-0.2, -0.15) is 0 Å². The monoisotopic (exact) mass is 378 g/mol. The van der Waals surface area contributed by atoms with Gasteiger partial charge in [0.15, 0.2) is 0 Å². The van der Waals surface area contributed by atoms with E-state index in [1.807, 2.05) is 0 Å². The van der Waals surface area contributed by atoms with E-state index in [1.165, 1.54) is 77.0 Å². The Balaban J connectivity index is 3.09. The summed E-state index contributed by atoms with van der Waals surface area (Å²) in [6.45, 7) is 4.58. The Kier molecular flexibility index (Phi) is 17.2. The maximum atomic E-state index is 4.79. The van der Waals surface area contributed by atoms with E-state index in [9.17, 15) is 0 Å². The molecule has 0 nitrogen and oxygen atoms in total. The average Bonchev–Trinajstić information content (AvgIpc) is 2.37. The zero-order valence-corrected chi connectivity index (χ0v) is 16.5. The molecular weight excluding hydrogens is 343 g/mol. The normalized spacial score (nSPS) is 12.8. The molecule has 1 unspecified atom stereocenters. The molecular formula is C16H34SSn. The van der Waals surface area contributed by atoms with Gasteiger partial charge in [-0.15, -0.1) is 0 Å². The van der Waals surface area contributed by atoms with Crippen LogP contribution in [0.15, 0.2) is 0 Å². The molecule has 0 saturated heterocycles. The van der Waals surface area contributed by atoms with Crippen LogP contribution in [0.5, 0.6) is 0 Å². The predicted octanol–water partition coefficient (Wildman–Crippen LogP) is 6.09. The first kappa shape index (κ1) is 19.1. The molecule has 1 atom stereocenters. The Labute approximate surface area is 132 Å². The Hall–Kier alpha value is 1.15. The second-order valence-electron chi connectivity index (χ2n) is 5.44. The van der Waals surface area contributed by atoms with Crippen LogP contribution < -0.4 is 0 Å². The van der Waals surface area contributed by atoms with Crippen LogP contribution in [0.4, 0.5) is 0 Å². The third-order valence-corrected chi connectivity index (χ3v) is 8.98. The second kappa shape index (κ2) is 16.2. The predicted molar refractivity (Wildman–Crippen MR) is 90.1 cm³/mol. The van der Waals surface area contributed by atoms with Crippen LogP contribution in [-0.2, 0) is 0 Å². The zero-order chi connectivity index (χ0) is 13.5. The van der Waals surface area contributed by atoms with Crippen LogP contribution in [0.2, 0.25) is 4.44 Å². The number of hydrogen-bond acceptors (Lipinski definition) is 1. The Bertz CT molecular complexity index is 150. The van der Waals surface area contributed by atoms with Gasteiger partial charge in [0, 0.05) is 0 Å². The Morgan fingerprint density at radius 1 is 0.722 bits per heavy atom. The minimum atomic E-state index is -0.152. The van der Waals surface area contributed by atoms with Crippen molar-refractivity contribution in [2.45, 2.75) is 98.6 Å². The summed E-state index contributed by atoms with van der Waals surface area (Å²) in [5, 5.41) is 0. The first-order chi connectivity index (χ1) is 8.81. The molecule has 0 aromatic heterocycles. The molecule has 0 aromatic carbocycles. The van der Waals surface area contributed by atoms with Gasteiger partial charge < -0.3 is 0 Å². The van der Waals surface area contributed by atoms with Gasteiger partial charge in [-0.1, -0.05) is 0 Å². The molecule has 0 heterocycles. The van der Waals surface area contributed by atoms with Crippen molar-refractivity contribution >= 4 is 33.8 Å². The van der Waals surface area contributed by atoms with Crippen molar-refractivity contribution in [2.24, 2.45) is 0 Å². The molecule has 0 saturated carbocycles. The maximum absolute atomic E-state index is 4.79. The van der Waals surface area contributed by atoms with E-state index >= 15 is 0 Å². The van der Waals surface area contributed by atoms with E-state index < -0.39 is 0 Å². The third-order valence-electron chi connectivity index (χ3n) is 3.49. The number of hydrogen-bond donors (Lipinski definition) is 1. The van der Waals surface area contributed by atoms with Gasteiger partial charge in [0.25, 0.3) is 0 Å². The molecule has 18 heavy (non-hydrogen) atoms. The number of thiol groups is 1.